The van der Waals surface area contributed by atoms with Crippen molar-refractivity contribution >= 4 is 5.78 Å². The standard InChI is InChI=1S/C15H23NO/c1-3-6-12(2)9-16-10-13-7-4-5-8-15(17)14(13)11-16/h10-12H,3-9H2,1-2H3. The van der Waals surface area contributed by atoms with Gasteiger partial charge in [-0.1, -0.05) is 20.3 Å². The summed E-state index contributed by atoms with van der Waals surface area (Å²) in [5.74, 6) is 1.05. The number of nitrogens with zero attached hydrogens (tertiary/aromatic N) is 1. The van der Waals surface area contributed by atoms with E-state index in [4.69, 9.17) is 0 Å². The molecule has 0 N–H and O–H groups in total. The van der Waals surface area contributed by atoms with E-state index in [0.29, 0.717) is 11.7 Å². The predicted octanol–water partition coefficient (Wildman–Crippen LogP) is 3.83. The summed E-state index contributed by atoms with van der Waals surface area (Å²) in [6.07, 6.45) is 10.8. The first-order valence-corrected chi connectivity index (χ1v) is 6.92. The summed E-state index contributed by atoms with van der Waals surface area (Å²) < 4.78 is 2.23. The molecule has 1 atom stereocenters. The van der Waals surface area contributed by atoms with E-state index >= 15 is 0 Å². The summed E-state index contributed by atoms with van der Waals surface area (Å²) in [5, 5.41) is 0. The Morgan fingerprint density at radius 1 is 1.29 bits per heavy atom. The van der Waals surface area contributed by atoms with Gasteiger partial charge in [0.15, 0.2) is 5.78 Å². The van der Waals surface area contributed by atoms with E-state index in [0.717, 1.165) is 37.8 Å². The van der Waals surface area contributed by atoms with Crippen LogP contribution in [0.5, 0.6) is 0 Å². The van der Waals surface area contributed by atoms with Crippen molar-refractivity contribution in [3.05, 3.63) is 23.5 Å². The van der Waals surface area contributed by atoms with Crippen molar-refractivity contribution in [2.45, 2.75) is 58.9 Å². The molecule has 2 rings (SSSR count). The van der Waals surface area contributed by atoms with Crippen molar-refractivity contribution in [1.82, 2.24) is 4.57 Å². The topological polar surface area (TPSA) is 22.0 Å². The van der Waals surface area contributed by atoms with Gasteiger partial charge in [-0.25, -0.2) is 0 Å². The molecule has 0 amide bonds. The van der Waals surface area contributed by atoms with E-state index in [9.17, 15) is 4.79 Å². The zero-order chi connectivity index (χ0) is 12.3. The summed E-state index contributed by atoms with van der Waals surface area (Å²) in [6, 6.07) is 0. The highest BCUT2D eigenvalue weighted by atomic mass is 16.1. The Labute approximate surface area is 104 Å². The fraction of sp³-hybridized carbons (Fsp3) is 0.667. The maximum atomic E-state index is 11.9. The molecule has 0 aliphatic heterocycles. The highest BCUT2D eigenvalue weighted by Gasteiger charge is 2.17. The third-order valence-corrected chi connectivity index (χ3v) is 3.67. The number of Topliss-reactive ketones (excluding diaryl/α,β-unsaturated/α-hetero) is 1. The molecule has 0 bridgehead atoms. The lowest BCUT2D eigenvalue weighted by Crippen LogP contribution is -2.05. The average Bonchev–Trinajstić information content (AvgIpc) is 2.60. The Balaban J connectivity index is 2.11. The normalized spacial score (nSPS) is 17.6. The van der Waals surface area contributed by atoms with Gasteiger partial charge < -0.3 is 4.57 Å². The molecular formula is C15H23NO. The highest BCUT2D eigenvalue weighted by molar-refractivity contribution is 5.97. The summed E-state index contributed by atoms with van der Waals surface area (Å²) in [4.78, 5) is 11.9. The maximum Gasteiger partial charge on any atom is 0.164 e. The lowest BCUT2D eigenvalue weighted by atomic mass is 10.1. The number of fused-ring (bicyclic) bond motifs is 1. The molecule has 94 valence electrons. The Bertz CT molecular complexity index is 392. The molecule has 0 saturated heterocycles. The Hall–Kier alpha value is -1.05. The fourth-order valence-electron chi connectivity index (χ4n) is 2.79. The lowest BCUT2D eigenvalue weighted by Gasteiger charge is -2.10. The average molecular weight is 233 g/mol. The molecule has 0 radical (unpaired) electrons. The summed E-state index contributed by atoms with van der Waals surface area (Å²) >= 11 is 0. The van der Waals surface area contributed by atoms with Crippen LogP contribution in [0, 0.1) is 5.92 Å². The summed E-state index contributed by atoms with van der Waals surface area (Å²) in [7, 11) is 0. The fourth-order valence-corrected chi connectivity index (χ4v) is 2.79. The van der Waals surface area contributed by atoms with E-state index in [2.05, 4.69) is 30.8 Å². The third-order valence-electron chi connectivity index (χ3n) is 3.67. The first-order valence-electron chi connectivity index (χ1n) is 6.92. The minimum atomic E-state index is 0.347. The van der Waals surface area contributed by atoms with Gasteiger partial charge in [0.2, 0.25) is 0 Å². The second kappa shape index (κ2) is 5.52. The molecule has 1 aromatic heterocycles. The molecule has 1 aliphatic carbocycles. The van der Waals surface area contributed by atoms with Crippen molar-refractivity contribution in [3.63, 3.8) is 0 Å². The first kappa shape index (κ1) is 12.4. The zero-order valence-electron chi connectivity index (χ0n) is 11.0. The van der Waals surface area contributed by atoms with E-state index < -0.39 is 0 Å². The van der Waals surface area contributed by atoms with E-state index in [1.165, 1.54) is 18.4 Å². The number of ketones is 1. The largest absolute Gasteiger partial charge is 0.353 e. The molecule has 1 aromatic rings. The van der Waals surface area contributed by atoms with E-state index in [1.807, 2.05) is 0 Å². The highest BCUT2D eigenvalue weighted by Crippen LogP contribution is 2.22. The minimum absolute atomic E-state index is 0.347. The SMILES string of the molecule is CCCC(C)Cn1cc2c(c1)C(=O)CCCC2. The molecule has 1 aliphatic rings. The van der Waals surface area contributed by atoms with Crippen molar-refractivity contribution < 1.29 is 4.79 Å². The molecule has 2 nitrogen and oxygen atoms in total. The monoisotopic (exact) mass is 233 g/mol. The van der Waals surface area contributed by atoms with Crippen LogP contribution in [0.25, 0.3) is 0 Å². The van der Waals surface area contributed by atoms with Gasteiger partial charge in [-0.2, -0.15) is 0 Å². The van der Waals surface area contributed by atoms with Gasteiger partial charge in [0.25, 0.3) is 0 Å². The van der Waals surface area contributed by atoms with Crippen LogP contribution in [0.15, 0.2) is 12.4 Å². The molecule has 0 fully saturated rings. The number of rotatable bonds is 4. The quantitative estimate of drug-likeness (QED) is 0.724. The lowest BCUT2D eigenvalue weighted by molar-refractivity contribution is 0.0982. The van der Waals surface area contributed by atoms with Crippen LogP contribution >= 0.6 is 0 Å². The van der Waals surface area contributed by atoms with Crippen molar-refractivity contribution in [3.8, 4) is 0 Å². The van der Waals surface area contributed by atoms with Crippen LogP contribution in [0.1, 0.15) is 61.9 Å². The molecule has 1 unspecified atom stereocenters. The number of hydrogen-bond acceptors (Lipinski definition) is 1. The van der Waals surface area contributed by atoms with Crippen LogP contribution in [0.2, 0.25) is 0 Å². The summed E-state index contributed by atoms with van der Waals surface area (Å²) in [5.41, 5.74) is 2.27. The van der Waals surface area contributed by atoms with Crippen LogP contribution in [0.3, 0.4) is 0 Å². The molecule has 1 heterocycles. The van der Waals surface area contributed by atoms with Crippen LogP contribution < -0.4 is 0 Å². The molecular weight excluding hydrogens is 210 g/mol. The predicted molar refractivity (Wildman–Crippen MR) is 70.4 cm³/mol. The minimum Gasteiger partial charge on any atom is -0.353 e. The van der Waals surface area contributed by atoms with Gasteiger partial charge in [0.1, 0.15) is 0 Å². The number of hydrogen-bond donors (Lipinski definition) is 0. The number of carbonyl (C=O) groups excluding carboxylic acids is 1. The van der Waals surface area contributed by atoms with Gasteiger partial charge in [0.05, 0.1) is 0 Å². The molecule has 0 saturated carbocycles. The van der Waals surface area contributed by atoms with Crippen molar-refractivity contribution in [1.29, 1.82) is 0 Å². The van der Waals surface area contributed by atoms with Gasteiger partial charge in [-0.3, -0.25) is 4.79 Å². The second-order valence-corrected chi connectivity index (χ2v) is 5.42. The van der Waals surface area contributed by atoms with Gasteiger partial charge in [-0.15, -0.1) is 0 Å². The maximum absolute atomic E-state index is 11.9. The Morgan fingerprint density at radius 3 is 2.82 bits per heavy atom. The summed E-state index contributed by atoms with van der Waals surface area (Å²) in [6.45, 7) is 5.57. The molecule has 17 heavy (non-hydrogen) atoms. The Morgan fingerprint density at radius 2 is 2.06 bits per heavy atom. The van der Waals surface area contributed by atoms with Crippen molar-refractivity contribution in [2.24, 2.45) is 5.92 Å². The van der Waals surface area contributed by atoms with E-state index in [-0.39, 0.29) is 0 Å². The first-order chi connectivity index (χ1) is 8.20. The van der Waals surface area contributed by atoms with Gasteiger partial charge in [0, 0.05) is 30.9 Å². The van der Waals surface area contributed by atoms with Crippen molar-refractivity contribution in [2.75, 3.05) is 0 Å². The number of aryl methyl sites for hydroxylation is 1. The molecule has 0 aromatic carbocycles. The Kier molecular flexibility index (Phi) is 4.03. The van der Waals surface area contributed by atoms with Gasteiger partial charge in [-0.05, 0) is 37.2 Å². The third kappa shape index (κ3) is 2.99. The van der Waals surface area contributed by atoms with E-state index in [1.54, 1.807) is 0 Å². The van der Waals surface area contributed by atoms with Crippen LogP contribution in [0.4, 0.5) is 0 Å². The second-order valence-electron chi connectivity index (χ2n) is 5.42. The van der Waals surface area contributed by atoms with Gasteiger partial charge >= 0.3 is 0 Å². The number of aromatic nitrogens is 1. The van der Waals surface area contributed by atoms with Crippen LogP contribution in [-0.4, -0.2) is 10.4 Å². The number of carbonyl (C=O) groups is 1. The molecule has 0 spiro atoms. The molecule has 2 heteroatoms. The zero-order valence-corrected chi connectivity index (χ0v) is 11.0. The van der Waals surface area contributed by atoms with Crippen LogP contribution in [-0.2, 0) is 13.0 Å². The smallest absolute Gasteiger partial charge is 0.164 e.